The van der Waals surface area contributed by atoms with Gasteiger partial charge in [0.2, 0.25) is 6.79 Å². The van der Waals surface area contributed by atoms with Crippen LogP contribution in [-0.4, -0.2) is 36.4 Å². The molecule has 0 atom stereocenters. The molecule has 0 aliphatic rings. The monoisotopic (exact) mass is 439 g/mol. The zero-order valence-corrected chi connectivity index (χ0v) is 19.4. The Balaban J connectivity index is -0.000000525. The lowest BCUT2D eigenvalue weighted by Crippen LogP contribution is -2.20. The van der Waals surface area contributed by atoms with Gasteiger partial charge in [-0.15, -0.1) is 12.4 Å². The highest BCUT2D eigenvalue weighted by Crippen LogP contribution is 2.15. The average molecular weight is 440 g/mol. The third-order valence-electron chi connectivity index (χ3n) is 4.24. The van der Waals surface area contributed by atoms with Gasteiger partial charge in [0.1, 0.15) is 0 Å². The maximum atomic E-state index is 11.7. The summed E-state index contributed by atoms with van der Waals surface area (Å²) in [6.07, 6.45) is 7.94. The van der Waals surface area contributed by atoms with Crippen molar-refractivity contribution in [3.05, 3.63) is 0 Å². The van der Waals surface area contributed by atoms with Crippen LogP contribution in [0.4, 0.5) is 0 Å². The molecule has 0 aromatic heterocycles. The first kappa shape index (κ1) is 32.3. The van der Waals surface area contributed by atoms with Gasteiger partial charge in [-0.2, -0.15) is 0 Å². The Morgan fingerprint density at radius 1 is 0.828 bits per heavy atom. The topological polar surface area (TPSA) is 116 Å². The van der Waals surface area contributed by atoms with E-state index in [0.29, 0.717) is 13.0 Å². The summed E-state index contributed by atoms with van der Waals surface area (Å²) in [6, 6.07) is 0. The summed E-state index contributed by atoms with van der Waals surface area (Å²) in [5.74, 6) is -1.47. The number of carboxylic acid groups (broad SMARTS) is 1. The summed E-state index contributed by atoms with van der Waals surface area (Å²) in [4.78, 5) is 33.3. The van der Waals surface area contributed by atoms with E-state index in [-0.39, 0.29) is 49.4 Å². The highest BCUT2D eigenvalue weighted by molar-refractivity contribution is 5.85. The summed E-state index contributed by atoms with van der Waals surface area (Å²) in [5, 5.41) is 8.64. The Hall–Kier alpha value is -1.34. The van der Waals surface area contributed by atoms with Crippen LogP contribution in [0.15, 0.2) is 0 Å². The summed E-state index contributed by atoms with van der Waals surface area (Å²) in [5.41, 5.74) is 5.27. The van der Waals surface area contributed by atoms with E-state index in [1.54, 1.807) is 0 Å². The second-order valence-corrected chi connectivity index (χ2v) is 6.88. The first-order valence-electron chi connectivity index (χ1n) is 10.6. The third kappa shape index (κ3) is 19.7. The molecule has 0 fully saturated rings. The molecule has 0 aliphatic carbocycles. The van der Waals surface area contributed by atoms with Crippen LogP contribution in [0.1, 0.15) is 91.9 Å². The Kier molecular flexibility index (Phi) is 25.6. The lowest BCUT2D eigenvalue weighted by Gasteiger charge is -2.14. The van der Waals surface area contributed by atoms with E-state index in [1.807, 2.05) is 27.7 Å². The molecule has 0 aromatic carbocycles. The summed E-state index contributed by atoms with van der Waals surface area (Å²) >= 11 is 0. The number of ether oxygens (including phenoxy) is 2. The first-order valence-corrected chi connectivity index (χ1v) is 10.6. The SMILES string of the molecule is CCCC(CCC)C(=O)O.CCCC(CCC)C(=O)OCOC(=O)CCCN.Cl. The van der Waals surface area contributed by atoms with Crippen LogP contribution < -0.4 is 5.73 Å². The van der Waals surface area contributed by atoms with Gasteiger partial charge in [-0.25, -0.2) is 0 Å². The predicted octanol–water partition coefficient (Wildman–Crippen LogP) is 4.69. The fourth-order valence-corrected chi connectivity index (χ4v) is 2.75. The highest BCUT2D eigenvalue weighted by atomic mass is 35.5. The summed E-state index contributed by atoms with van der Waals surface area (Å²) < 4.78 is 9.73. The molecule has 3 N–H and O–H groups in total. The number of rotatable bonds is 15. The molecule has 0 radical (unpaired) electrons. The molecule has 7 nitrogen and oxygen atoms in total. The number of nitrogens with two attached hydrogens (primary N) is 1. The number of carboxylic acids is 1. The Labute approximate surface area is 182 Å². The zero-order valence-electron chi connectivity index (χ0n) is 18.6. The molecule has 29 heavy (non-hydrogen) atoms. The molecule has 0 aromatic rings. The number of esters is 2. The van der Waals surface area contributed by atoms with E-state index in [1.165, 1.54) is 0 Å². The second kappa shape index (κ2) is 22.9. The fraction of sp³-hybridized carbons (Fsp3) is 0.857. The van der Waals surface area contributed by atoms with Gasteiger partial charge >= 0.3 is 17.9 Å². The number of carbonyl (C=O) groups excluding carboxylic acids is 2. The standard InChI is InChI=1S/C13H25NO4.C8H16O2.ClH/c1-3-6-11(7-4-2)13(16)18-10-17-12(15)8-5-9-14;1-3-5-7(6-4-2)8(9)10;/h11H,3-10,14H2,1-2H3;7H,3-6H2,1-2H3,(H,9,10);1H. The number of carbonyl (C=O) groups is 3. The minimum atomic E-state index is -0.635. The van der Waals surface area contributed by atoms with Crippen LogP contribution in [0.2, 0.25) is 0 Å². The molecule has 0 amide bonds. The van der Waals surface area contributed by atoms with Crippen molar-refractivity contribution in [2.45, 2.75) is 91.9 Å². The Bertz CT molecular complexity index is 408. The first-order chi connectivity index (χ1) is 13.4. The summed E-state index contributed by atoms with van der Waals surface area (Å²) in [7, 11) is 0. The van der Waals surface area contributed by atoms with Crippen molar-refractivity contribution in [3.8, 4) is 0 Å². The minimum absolute atomic E-state index is 0. The molecular weight excluding hydrogens is 398 g/mol. The van der Waals surface area contributed by atoms with Gasteiger partial charge in [0.15, 0.2) is 0 Å². The van der Waals surface area contributed by atoms with Crippen LogP contribution >= 0.6 is 12.4 Å². The molecule has 0 spiro atoms. The van der Waals surface area contributed by atoms with Crippen LogP contribution in [0.5, 0.6) is 0 Å². The van der Waals surface area contributed by atoms with E-state index in [0.717, 1.165) is 51.4 Å². The molecule has 0 saturated heterocycles. The van der Waals surface area contributed by atoms with E-state index >= 15 is 0 Å². The molecule has 0 heterocycles. The minimum Gasteiger partial charge on any atom is -0.481 e. The molecule has 0 aliphatic heterocycles. The van der Waals surface area contributed by atoms with Crippen molar-refractivity contribution < 1.29 is 29.0 Å². The van der Waals surface area contributed by atoms with Gasteiger partial charge in [-0.3, -0.25) is 14.4 Å². The number of hydrogen-bond donors (Lipinski definition) is 2. The van der Waals surface area contributed by atoms with Gasteiger partial charge in [0.25, 0.3) is 0 Å². The average Bonchev–Trinajstić information content (AvgIpc) is 2.66. The molecule has 0 saturated carbocycles. The van der Waals surface area contributed by atoms with Crippen LogP contribution in [-0.2, 0) is 23.9 Å². The molecule has 0 bridgehead atoms. The van der Waals surface area contributed by atoms with Crippen molar-refractivity contribution in [1.29, 1.82) is 0 Å². The van der Waals surface area contributed by atoms with Crippen molar-refractivity contribution in [2.24, 2.45) is 17.6 Å². The molecule has 8 heteroatoms. The highest BCUT2D eigenvalue weighted by Gasteiger charge is 2.18. The zero-order chi connectivity index (χ0) is 21.8. The third-order valence-corrected chi connectivity index (χ3v) is 4.24. The summed E-state index contributed by atoms with van der Waals surface area (Å²) in [6.45, 7) is 8.26. The second-order valence-electron chi connectivity index (χ2n) is 6.88. The number of halogens is 1. The lowest BCUT2D eigenvalue weighted by atomic mass is 9.99. The van der Waals surface area contributed by atoms with E-state index in [4.69, 9.17) is 20.3 Å². The van der Waals surface area contributed by atoms with E-state index < -0.39 is 5.97 Å². The number of aliphatic carboxylic acids is 1. The Morgan fingerprint density at radius 2 is 1.28 bits per heavy atom. The van der Waals surface area contributed by atoms with Crippen LogP contribution in [0.25, 0.3) is 0 Å². The van der Waals surface area contributed by atoms with Gasteiger partial charge in [-0.1, -0.05) is 53.4 Å². The van der Waals surface area contributed by atoms with E-state index in [9.17, 15) is 14.4 Å². The quantitative estimate of drug-likeness (QED) is 0.280. The van der Waals surface area contributed by atoms with Gasteiger partial charge in [0.05, 0.1) is 11.8 Å². The lowest BCUT2D eigenvalue weighted by molar-refractivity contribution is -0.170. The molecule has 0 unspecified atom stereocenters. The predicted molar refractivity (Wildman–Crippen MR) is 117 cm³/mol. The number of hydrogen-bond acceptors (Lipinski definition) is 6. The van der Waals surface area contributed by atoms with Crippen LogP contribution in [0.3, 0.4) is 0 Å². The smallest absolute Gasteiger partial charge is 0.311 e. The largest absolute Gasteiger partial charge is 0.481 e. The Morgan fingerprint density at radius 3 is 1.66 bits per heavy atom. The van der Waals surface area contributed by atoms with Gasteiger partial charge < -0.3 is 20.3 Å². The van der Waals surface area contributed by atoms with Crippen molar-refractivity contribution in [1.82, 2.24) is 0 Å². The normalized spacial score (nSPS) is 10.0. The van der Waals surface area contributed by atoms with Crippen molar-refractivity contribution in [2.75, 3.05) is 13.3 Å². The van der Waals surface area contributed by atoms with Crippen LogP contribution in [0, 0.1) is 11.8 Å². The van der Waals surface area contributed by atoms with Crippen molar-refractivity contribution >= 4 is 30.3 Å². The maximum absolute atomic E-state index is 11.7. The molecular formula is C21H42ClNO6. The van der Waals surface area contributed by atoms with Crippen molar-refractivity contribution in [3.63, 3.8) is 0 Å². The van der Waals surface area contributed by atoms with E-state index in [2.05, 4.69) is 0 Å². The van der Waals surface area contributed by atoms with Gasteiger partial charge in [0, 0.05) is 6.42 Å². The van der Waals surface area contributed by atoms with Gasteiger partial charge in [-0.05, 0) is 38.6 Å². The molecule has 0 rings (SSSR count). The maximum Gasteiger partial charge on any atom is 0.311 e. The fourth-order valence-electron chi connectivity index (χ4n) is 2.75. The molecule has 174 valence electrons.